The maximum atomic E-state index is 5.16. The van der Waals surface area contributed by atoms with Crippen molar-refractivity contribution >= 4 is 0 Å². The van der Waals surface area contributed by atoms with Crippen LogP contribution in [0.1, 0.15) is 13.3 Å². The van der Waals surface area contributed by atoms with Gasteiger partial charge < -0.3 is 14.8 Å². The molecule has 1 fully saturated rings. The van der Waals surface area contributed by atoms with Crippen LogP contribution in [-0.2, 0) is 9.47 Å². The Hall–Kier alpha value is -0.540. The van der Waals surface area contributed by atoms with E-state index in [0.29, 0.717) is 5.41 Å². The van der Waals surface area contributed by atoms with Crippen molar-refractivity contribution in [1.29, 1.82) is 0 Å². The molecule has 0 unspecified atom stereocenters. The van der Waals surface area contributed by atoms with Crippen molar-refractivity contribution in [2.45, 2.75) is 13.3 Å². The van der Waals surface area contributed by atoms with E-state index < -0.39 is 0 Å². The van der Waals surface area contributed by atoms with Gasteiger partial charge in [0.2, 0.25) is 0 Å². The standard InChI is InChI=1S/C10H19NO2/c1-3-12-6-4-5-11-7-10(2)8-13-9-10/h3,11H,1,4-9H2,2H3. The van der Waals surface area contributed by atoms with Crippen LogP contribution in [0.3, 0.4) is 0 Å². The zero-order valence-electron chi connectivity index (χ0n) is 8.34. The largest absolute Gasteiger partial charge is 0.502 e. The van der Waals surface area contributed by atoms with Crippen molar-refractivity contribution in [3.63, 3.8) is 0 Å². The van der Waals surface area contributed by atoms with Crippen LogP contribution in [0.25, 0.3) is 0 Å². The summed E-state index contributed by atoms with van der Waals surface area (Å²) in [5.74, 6) is 0. The van der Waals surface area contributed by atoms with Crippen molar-refractivity contribution in [3.8, 4) is 0 Å². The molecule has 0 aromatic rings. The fourth-order valence-electron chi connectivity index (χ4n) is 1.31. The molecule has 0 amide bonds. The number of ether oxygens (including phenoxy) is 2. The Morgan fingerprint density at radius 3 is 2.92 bits per heavy atom. The molecule has 76 valence electrons. The summed E-state index contributed by atoms with van der Waals surface area (Å²) in [6, 6.07) is 0. The van der Waals surface area contributed by atoms with E-state index in [4.69, 9.17) is 9.47 Å². The van der Waals surface area contributed by atoms with E-state index in [1.807, 2.05) is 0 Å². The predicted octanol–water partition coefficient (Wildman–Crippen LogP) is 1.16. The molecule has 0 bridgehead atoms. The lowest BCUT2D eigenvalue weighted by Crippen LogP contribution is -2.47. The maximum absolute atomic E-state index is 5.16. The molecule has 0 aliphatic carbocycles. The fraction of sp³-hybridized carbons (Fsp3) is 0.800. The Labute approximate surface area is 80.1 Å². The zero-order valence-corrected chi connectivity index (χ0v) is 8.34. The molecule has 1 N–H and O–H groups in total. The second-order valence-electron chi connectivity index (χ2n) is 3.87. The van der Waals surface area contributed by atoms with Crippen LogP contribution >= 0.6 is 0 Å². The molecule has 0 aromatic heterocycles. The van der Waals surface area contributed by atoms with Crippen molar-refractivity contribution < 1.29 is 9.47 Å². The van der Waals surface area contributed by atoms with Crippen LogP contribution in [0.2, 0.25) is 0 Å². The number of hydrogen-bond donors (Lipinski definition) is 1. The van der Waals surface area contributed by atoms with E-state index in [-0.39, 0.29) is 0 Å². The molecule has 0 spiro atoms. The van der Waals surface area contributed by atoms with Gasteiger partial charge in [-0.3, -0.25) is 0 Å². The van der Waals surface area contributed by atoms with Gasteiger partial charge in [0.05, 0.1) is 26.1 Å². The van der Waals surface area contributed by atoms with E-state index in [0.717, 1.165) is 39.3 Å². The minimum atomic E-state index is 0.374. The van der Waals surface area contributed by atoms with Crippen LogP contribution in [-0.4, -0.2) is 32.9 Å². The number of rotatable bonds is 7. The monoisotopic (exact) mass is 185 g/mol. The van der Waals surface area contributed by atoms with E-state index in [1.165, 1.54) is 6.26 Å². The van der Waals surface area contributed by atoms with Crippen LogP contribution in [0.5, 0.6) is 0 Å². The second-order valence-corrected chi connectivity index (χ2v) is 3.87. The van der Waals surface area contributed by atoms with Gasteiger partial charge in [-0.1, -0.05) is 13.5 Å². The Balaban J connectivity index is 1.86. The SMILES string of the molecule is C=COCCCNCC1(C)COC1. The predicted molar refractivity (Wildman–Crippen MR) is 52.6 cm³/mol. The number of hydrogen-bond acceptors (Lipinski definition) is 3. The summed E-state index contributed by atoms with van der Waals surface area (Å²) in [5.41, 5.74) is 0.374. The first-order chi connectivity index (χ1) is 6.27. The lowest BCUT2D eigenvalue weighted by molar-refractivity contribution is -0.0989. The third-order valence-corrected chi connectivity index (χ3v) is 2.19. The van der Waals surface area contributed by atoms with Crippen LogP contribution in [0, 0.1) is 5.41 Å². The Bertz CT molecular complexity index is 155. The molecule has 3 heteroatoms. The highest BCUT2D eigenvalue weighted by molar-refractivity contribution is 4.82. The summed E-state index contributed by atoms with van der Waals surface area (Å²) < 4.78 is 10.2. The van der Waals surface area contributed by atoms with Gasteiger partial charge >= 0.3 is 0 Å². The van der Waals surface area contributed by atoms with Crippen LogP contribution < -0.4 is 5.32 Å². The first-order valence-corrected chi connectivity index (χ1v) is 4.78. The van der Waals surface area contributed by atoms with Crippen LogP contribution in [0.4, 0.5) is 0 Å². The Kier molecular flexibility index (Phi) is 4.25. The topological polar surface area (TPSA) is 30.5 Å². The summed E-state index contributed by atoms with van der Waals surface area (Å²) in [7, 11) is 0. The highest BCUT2D eigenvalue weighted by atomic mass is 16.5. The van der Waals surface area contributed by atoms with Crippen molar-refractivity contribution in [2.75, 3.05) is 32.9 Å². The van der Waals surface area contributed by atoms with Gasteiger partial charge in [0.15, 0.2) is 0 Å². The highest BCUT2D eigenvalue weighted by Crippen LogP contribution is 2.24. The van der Waals surface area contributed by atoms with Gasteiger partial charge in [0.25, 0.3) is 0 Å². The lowest BCUT2D eigenvalue weighted by atomic mass is 9.89. The summed E-state index contributed by atoms with van der Waals surface area (Å²) in [6.45, 7) is 10.3. The molecule has 0 aromatic carbocycles. The Morgan fingerprint density at radius 2 is 2.38 bits per heavy atom. The average Bonchev–Trinajstić information content (AvgIpc) is 2.08. The molecule has 1 rings (SSSR count). The smallest absolute Gasteiger partial charge is 0.0885 e. The van der Waals surface area contributed by atoms with Crippen molar-refractivity contribution in [1.82, 2.24) is 5.32 Å². The molecule has 1 saturated heterocycles. The Morgan fingerprint density at radius 1 is 1.62 bits per heavy atom. The van der Waals surface area contributed by atoms with Gasteiger partial charge in [-0.2, -0.15) is 0 Å². The highest BCUT2D eigenvalue weighted by Gasteiger charge is 2.32. The van der Waals surface area contributed by atoms with Crippen LogP contribution in [0.15, 0.2) is 12.8 Å². The van der Waals surface area contributed by atoms with Gasteiger partial charge in [-0.25, -0.2) is 0 Å². The minimum absolute atomic E-state index is 0.374. The van der Waals surface area contributed by atoms with Crippen molar-refractivity contribution in [3.05, 3.63) is 12.8 Å². The summed E-state index contributed by atoms with van der Waals surface area (Å²) >= 11 is 0. The fourth-order valence-corrected chi connectivity index (χ4v) is 1.31. The first kappa shape index (κ1) is 10.5. The molecular formula is C10H19NO2. The molecular weight excluding hydrogens is 166 g/mol. The third kappa shape index (κ3) is 3.79. The van der Waals surface area contributed by atoms with Gasteiger partial charge in [-0.15, -0.1) is 0 Å². The molecule has 1 aliphatic heterocycles. The van der Waals surface area contributed by atoms with Crippen molar-refractivity contribution in [2.24, 2.45) is 5.41 Å². The molecule has 0 saturated carbocycles. The summed E-state index contributed by atoms with van der Waals surface area (Å²) in [6.07, 6.45) is 2.52. The van der Waals surface area contributed by atoms with E-state index in [1.54, 1.807) is 0 Å². The normalized spacial score (nSPS) is 19.2. The second kappa shape index (κ2) is 5.25. The summed E-state index contributed by atoms with van der Waals surface area (Å²) in [4.78, 5) is 0. The molecule has 0 atom stereocenters. The van der Waals surface area contributed by atoms with E-state index in [2.05, 4.69) is 18.8 Å². The maximum Gasteiger partial charge on any atom is 0.0885 e. The average molecular weight is 185 g/mol. The quantitative estimate of drug-likeness (QED) is 0.477. The first-order valence-electron chi connectivity index (χ1n) is 4.78. The molecule has 1 aliphatic rings. The molecule has 1 heterocycles. The number of nitrogens with one attached hydrogen (secondary N) is 1. The van der Waals surface area contributed by atoms with E-state index in [9.17, 15) is 0 Å². The molecule has 0 radical (unpaired) electrons. The molecule has 13 heavy (non-hydrogen) atoms. The van der Waals surface area contributed by atoms with Gasteiger partial charge in [0, 0.05) is 12.0 Å². The lowest BCUT2D eigenvalue weighted by Gasteiger charge is -2.38. The van der Waals surface area contributed by atoms with Gasteiger partial charge in [0.1, 0.15) is 0 Å². The minimum Gasteiger partial charge on any atom is -0.502 e. The summed E-state index contributed by atoms with van der Waals surface area (Å²) in [5, 5.41) is 3.39. The third-order valence-electron chi connectivity index (χ3n) is 2.19. The molecule has 3 nitrogen and oxygen atoms in total. The van der Waals surface area contributed by atoms with E-state index >= 15 is 0 Å². The van der Waals surface area contributed by atoms with Gasteiger partial charge in [-0.05, 0) is 13.0 Å². The zero-order chi connectivity index (χ0) is 9.57.